The first-order valence-electron chi connectivity index (χ1n) is 17.0. The standard InChI is InChI=1S/C21H25.C10H15.2C7H5Cl.Zr/c1-20(2,3)16-7-9-18-14(12-16)11-15-13-17(21(4,5)6)8-10-19(15)18;1-7(2)10-6-8(3)5-9(10)4;2*1-6-2-4-7(8)5-3-6;/h7-10,12H,11H2,1-6H3;6-8H,1-4H3;2*1-5H;/q2*-1;;;. The molecule has 4 aromatic rings. The molecule has 0 aromatic heterocycles. The second kappa shape index (κ2) is 16.5. The fourth-order valence-corrected chi connectivity index (χ4v) is 8.22. The Hall–Kier alpha value is -2.44. The maximum absolute atomic E-state index is 5.84. The summed E-state index contributed by atoms with van der Waals surface area (Å²) < 4.78 is 4.66. The van der Waals surface area contributed by atoms with Crippen molar-refractivity contribution < 1.29 is 22.3 Å². The van der Waals surface area contributed by atoms with E-state index in [0.29, 0.717) is 11.8 Å². The van der Waals surface area contributed by atoms with Gasteiger partial charge in [-0.1, -0.05) is 105 Å². The van der Waals surface area contributed by atoms with E-state index < -0.39 is 22.3 Å². The summed E-state index contributed by atoms with van der Waals surface area (Å²) in [6, 6.07) is 31.1. The van der Waals surface area contributed by atoms with Gasteiger partial charge in [-0.15, -0.1) is 11.1 Å². The van der Waals surface area contributed by atoms with Crippen LogP contribution in [0.25, 0.3) is 11.1 Å². The Kier molecular flexibility index (Phi) is 13.2. The number of hydrogen-bond donors (Lipinski definition) is 0. The monoisotopic (exact) mass is 750 g/mol. The van der Waals surface area contributed by atoms with Crippen molar-refractivity contribution in [2.24, 2.45) is 11.8 Å². The van der Waals surface area contributed by atoms with E-state index in [1.807, 2.05) is 24.3 Å². The molecular formula is C45H50Cl2Zr-2. The molecule has 0 fully saturated rings. The fraction of sp³-hybridized carbons (Fsp3) is 0.333. The summed E-state index contributed by atoms with van der Waals surface area (Å²) in [6.45, 7) is 22.4. The van der Waals surface area contributed by atoms with Gasteiger partial charge in [0.05, 0.1) is 0 Å². The first kappa shape index (κ1) is 38.4. The van der Waals surface area contributed by atoms with Crippen LogP contribution in [-0.4, -0.2) is 7.42 Å². The van der Waals surface area contributed by atoms with Crippen LogP contribution in [-0.2, 0) is 39.5 Å². The summed E-state index contributed by atoms with van der Waals surface area (Å²) in [4.78, 5) is 0. The van der Waals surface area contributed by atoms with Gasteiger partial charge < -0.3 is 0 Å². The van der Waals surface area contributed by atoms with Crippen LogP contribution in [0.3, 0.4) is 0 Å². The number of fused-ring (bicyclic) bond motifs is 3. The van der Waals surface area contributed by atoms with Crippen molar-refractivity contribution in [2.45, 2.75) is 86.5 Å². The maximum atomic E-state index is 5.84. The van der Waals surface area contributed by atoms with Gasteiger partial charge in [-0.3, -0.25) is 6.08 Å². The molecule has 250 valence electrons. The quantitative estimate of drug-likeness (QED) is 0.161. The van der Waals surface area contributed by atoms with Gasteiger partial charge >= 0.3 is 123 Å². The van der Waals surface area contributed by atoms with Gasteiger partial charge in [0.25, 0.3) is 0 Å². The Morgan fingerprint density at radius 2 is 1.29 bits per heavy atom. The van der Waals surface area contributed by atoms with Crippen LogP contribution in [0.1, 0.15) is 103 Å². The minimum atomic E-state index is -0.623. The summed E-state index contributed by atoms with van der Waals surface area (Å²) in [5.74, 6) is 1.20. The molecule has 0 heterocycles. The molecule has 0 radical (unpaired) electrons. The SMILES string of the molecule is CC(C)(C)c1[c-]c2c(cc1)-c1ccc(C(C)(C)C)cc1C2.CC1=[C-]C(C)C=C1C(C)C.Clc1ccc([CH]=[Zr]=[CH]c2ccc(Cl)cc2)cc1. The van der Waals surface area contributed by atoms with E-state index in [2.05, 4.69) is 149 Å². The van der Waals surface area contributed by atoms with Crippen molar-refractivity contribution in [2.75, 3.05) is 0 Å². The van der Waals surface area contributed by atoms with Gasteiger partial charge in [0.1, 0.15) is 0 Å². The average Bonchev–Trinajstić information content (AvgIpc) is 3.56. The van der Waals surface area contributed by atoms with Crippen LogP contribution in [0, 0.1) is 24.0 Å². The van der Waals surface area contributed by atoms with E-state index in [1.54, 1.807) is 0 Å². The summed E-state index contributed by atoms with van der Waals surface area (Å²) >= 11 is 11.0. The van der Waals surface area contributed by atoms with Crippen molar-refractivity contribution >= 4 is 30.6 Å². The summed E-state index contributed by atoms with van der Waals surface area (Å²) in [5.41, 5.74) is 14.0. The molecule has 0 aliphatic heterocycles. The Bertz CT molecular complexity index is 1720. The predicted octanol–water partition coefficient (Wildman–Crippen LogP) is 12.7. The van der Waals surface area contributed by atoms with Gasteiger partial charge in [0.2, 0.25) is 0 Å². The fourth-order valence-electron chi connectivity index (χ4n) is 5.87. The van der Waals surface area contributed by atoms with Gasteiger partial charge in [-0.25, -0.2) is 5.57 Å². The topological polar surface area (TPSA) is 0 Å². The van der Waals surface area contributed by atoms with Crippen molar-refractivity contribution in [3.8, 4) is 11.1 Å². The van der Waals surface area contributed by atoms with Gasteiger partial charge in [-0.2, -0.15) is 35.4 Å². The number of hydrogen-bond acceptors (Lipinski definition) is 0. The molecule has 3 heteroatoms. The third-order valence-electron chi connectivity index (χ3n) is 8.63. The third-order valence-corrected chi connectivity index (χ3v) is 11.6. The number of benzene rings is 4. The van der Waals surface area contributed by atoms with Gasteiger partial charge in [-0.05, 0) is 28.4 Å². The van der Waals surface area contributed by atoms with Crippen molar-refractivity contribution in [3.63, 3.8) is 0 Å². The molecule has 6 rings (SSSR count). The molecule has 0 saturated carbocycles. The van der Waals surface area contributed by atoms with Crippen LogP contribution >= 0.6 is 23.2 Å². The molecule has 2 aliphatic carbocycles. The second-order valence-corrected chi connectivity index (χ2v) is 18.3. The van der Waals surface area contributed by atoms with Crippen LogP contribution < -0.4 is 0 Å². The number of rotatable bonds is 3. The molecule has 0 saturated heterocycles. The summed E-state index contributed by atoms with van der Waals surface area (Å²) in [7, 11) is 0. The molecular weight excluding hydrogens is 703 g/mol. The van der Waals surface area contributed by atoms with E-state index in [9.17, 15) is 0 Å². The van der Waals surface area contributed by atoms with Crippen LogP contribution in [0.4, 0.5) is 0 Å². The van der Waals surface area contributed by atoms with E-state index in [0.717, 1.165) is 16.5 Å². The average molecular weight is 753 g/mol. The molecule has 0 nitrogen and oxygen atoms in total. The Morgan fingerprint density at radius 1 is 0.750 bits per heavy atom. The molecule has 2 aliphatic rings. The van der Waals surface area contributed by atoms with E-state index in [-0.39, 0.29) is 10.8 Å². The molecule has 0 bridgehead atoms. The first-order valence-corrected chi connectivity index (χ1v) is 20.6. The molecule has 48 heavy (non-hydrogen) atoms. The zero-order valence-electron chi connectivity index (χ0n) is 30.4. The van der Waals surface area contributed by atoms with E-state index in [1.165, 1.54) is 55.7 Å². The normalized spacial score (nSPS) is 14.7. The van der Waals surface area contributed by atoms with E-state index in [4.69, 9.17) is 23.2 Å². The predicted molar refractivity (Wildman–Crippen MR) is 209 cm³/mol. The van der Waals surface area contributed by atoms with Crippen LogP contribution in [0.15, 0.2) is 96.1 Å². The van der Waals surface area contributed by atoms with Gasteiger partial charge in [0.15, 0.2) is 0 Å². The van der Waals surface area contributed by atoms with Crippen molar-refractivity contribution in [1.82, 2.24) is 0 Å². The zero-order valence-corrected chi connectivity index (χ0v) is 34.3. The molecule has 1 atom stereocenters. The molecule has 1 unspecified atom stereocenters. The van der Waals surface area contributed by atoms with Crippen molar-refractivity contribution in [1.29, 1.82) is 0 Å². The second-order valence-electron chi connectivity index (χ2n) is 15.2. The van der Waals surface area contributed by atoms with E-state index >= 15 is 0 Å². The third kappa shape index (κ3) is 10.8. The molecule has 0 spiro atoms. The zero-order chi connectivity index (χ0) is 35.2. The van der Waals surface area contributed by atoms with Gasteiger partial charge in [0, 0.05) is 0 Å². The molecule has 0 N–H and O–H groups in total. The van der Waals surface area contributed by atoms with Crippen LogP contribution in [0.5, 0.6) is 0 Å². The Labute approximate surface area is 311 Å². The molecule has 4 aromatic carbocycles. The summed E-state index contributed by atoms with van der Waals surface area (Å²) in [5, 5.41) is 1.57. The molecule has 0 amide bonds. The Balaban J connectivity index is 0.000000173. The number of allylic oxidation sites excluding steroid dienone is 4. The minimum absolute atomic E-state index is 0.167. The number of halogens is 2. The van der Waals surface area contributed by atoms with Crippen LogP contribution in [0.2, 0.25) is 10.0 Å². The Morgan fingerprint density at radius 3 is 1.73 bits per heavy atom. The van der Waals surface area contributed by atoms with Crippen molar-refractivity contribution in [3.05, 3.63) is 152 Å². The summed E-state index contributed by atoms with van der Waals surface area (Å²) in [6.07, 6.45) is 6.70. The first-order chi connectivity index (χ1) is 22.5.